The Labute approximate surface area is 81.5 Å². The van der Waals surface area contributed by atoms with Crippen LogP contribution in [0.25, 0.3) is 0 Å². The topological polar surface area (TPSA) is 0 Å². The van der Waals surface area contributed by atoms with Crippen LogP contribution in [-0.4, -0.2) is 62.9 Å². The molecule has 3 radical (unpaired) electrons. The van der Waals surface area contributed by atoms with E-state index in [4.69, 9.17) is 0 Å². The summed E-state index contributed by atoms with van der Waals surface area (Å²) in [5.41, 5.74) is 0. The molecule has 0 aromatic heterocycles. The summed E-state index contributed by atoms with van der Waals surface area (Å²) in [6.45, 7) is 0. The Morgan fingerprint density at radius 1 is 1.00 bits per heavy atom. The van der Waals surface area contributed by atoms with Gasteiger partial charge in [-0.1, -0.05) is 0 Å². The van der Waals surface area contributed by atoms with E-state index in [9.17, 15) is 0 Å². The number of rotatable bonds is 0. The molecule has 0 fully saturated rings. The number of hydrogen-bond acceptors (Lipinski definition) is 0. The Bertz CT molecular complexity index is 11.6. The molecule has 5 heavy (non-hydrogen) atoms. The molecule has 0 saturated carbocycles. The zero-order chi connectivity index (χ0) is 0. The summed E-state index contributed by atoms with van der Waals surface area (Å²) in [5.74, 6) is 0. The standard InChI is InChI=1S/Al.B.Bi.H4Si.Zn.6H/h;;;1H4;;;;;;;. The molecule has 0 aliphatic carbocycles. The Hall–Kier alpha value is 2.32. The first-order valence-corrected chi connectivity index (χ1v) is 0. The van der Waals surface area contributed by atoms with Crippen LogP contribution in [0.4, 0.5) is 0 Å². The van der Waals surface area contributed by atoms with Crippen LogP contribution >= 0.6 is 0 Å². The van der Waals surface area contributed by atoms with Crippen molar-refractivity contribution < 1.29 is 19.5 Å². The van der Waals surface area contributed by atoms with Gasteiger partial charge in [0, 0.05) is 27.9 Å². The van der Waals surface area contributed by atoms with Crippen molar-refractivity contribution in [3.63, 3.8) is 0 Å². The van der Waals surface area contributed by atoms with E-state index in [-0.39, 0.29) is 82.4 Å². The minimum atomic E-state index is 0. The molecule has 0 aromatic rings. The van der Waals surface area contributed by atoms with Crippen LogP contribution in [0, 0.1) is 0 Å². The summed E-state index contributed by atoms with van der Waals surface area (Å²) >= 11 is 0. The third kappa shape index (κ3) is 21.9. The van der Waals surface area contributed by atoms with Crippen molar-refractivity contribution in [2.45, 2.75) is 0 Å². The van der Waals surface area contributed by atoms with Gasteiger partial charge in [0.2, 0.25) is 0 Å². The van der Waals surface area contributed by atoms with E-state index in [0.717, 1.165) is 0 Å². The van der Waals surface area contributed by atoms with E-state index in [1.165, 1.54) is 0 Å². The van der Waals surface area contributed by atoms with E-state index in [0.29, 0.717) is 0 Å². The molecule has 0 atom stereocenters. The molecule has 0 saturated heterocycles. The maximum absolute atomic E-state index is 0. The second-order valence-electron chi connectivity index (χ2n) is 0. The van der Waals surface area contributed by atoms with E-state index in [1.54, 1.807) is 0 Å². The molecular formula is H10AlBBiSiZn. The minimum absolute atomic E-state index is 0. The summed E-state index contributed by atoms with van der Waals surface area (Å²) in [6.07, 6.45) is 0. The molecule has 0 aliphatic heterocycles. The van der Waals surface area contributed by atoms with E-state index in [2.05, 4.69) is 0 Å². The van der Waals surface area contributed by atoms with Gasteiger partial charge in [-0.25, -0.2) is 0 Å². The Morgan fingerprint density at radius 2 is 1.00 bits per heavy atom. The van der Waals surface area contributed by atoms with Gasteiger partial charge in [-0.2, -0.15) is 0 Å². The van der Waals surface area contributed by atoms with Gasteiger partial charge in [-0.3, -0.25) is 0 Å². The maximum atomic E-state index is 0. The minimum Gasteiger partial charge on any atom is -0.0149 e. The van der Waals surface area contributed by atoms with Crippen LogP contribution in [0.5, 0.6) is 0 Å². The van der Waals surface area contributed by atoms with Crippen molar-refractivity contribution in [2.75, 3.05) is 0 Å². The monoisotopic (exact) mass is 349 g/mol. The smallest absolute Gasteiger partial charge is 0 e. The Morgan fingerprint density at radius 3 is 1.00 bits per heavy atom. The van der Waals surface area contributed by atoms with Crippen LogP contribution in [0.15, 0.2) is 0 Å². The van der Waals surface area contributed by atoms with Crippen LogP contribution in [-0.2, 0) is 19.5 Å². The summed E-state index contributed by atoms with van der Waals surface area (Å²) < 4.78 is 0. The second-order valence-corrected chi connectivity index (χ2v) is 0. The molecule has 0 aromatic carbocycles. The predicted molar refractivity (Wildman–Crippen MR) is 37.0 cm³/mol. The van der Waals surface area contributed by atoms with Crippen molar-refractivity contribution in [1.82, 2.24) is 0 Å². The third-order valence-corrected chi connectivity index (χ3v) is 0. The second kappa shape index (κ2) is 33.2. The fourth-order valence-corrected chi connectivity index (χ4v) is 0. The summed E-state index contributed by atoms with van der Waals surface area (Å²) in [6, 6.07) is 0. The first-order chi connectivity index (χ1) is 0. The first kappa shape index (κ1) is 54.3. The van der Waals surface area contributed by atoms with Crippen molar-refractivity contribution >= 4 is 62.9 Å². The Kier molecular flexibility index (Phi) is 361. The zero-order valence-corrected chi connectivity index (χ0v) is 10.5. The van der Waals surface area contributed by atoms with E-state index < -0.39 is 0 Å². The normalized spacial score (nSPS) is 0. The fraction of sp³-hybridized carbons (Fsp3) is 0. The van der Waals surface area contributed by atoms with E-state index >= 15 is 0 Å². The molecule has 5 heteroatoms. The summed E-state index contributed by atoms with van der Waals surface area (Å²) in [5, 5.41) is 0. The largest absolute Gasteiger partial charge is 0.0149 e. The van der Waals surface area contributed by atoms with Gasteiger partial charge in [0.25, 0.3) is 0 Å². The van der Waals surface area contributed by atoms with Gasteiger partial charge in [0.15, 0.2) is 17.4 Å². The molecule has 0 nitrogen and oxygen atoms in total. The van der Waals surface area contributed by atoms with Crippen LogP contribution in [0.2, 0.25) is 0 Å². The van der Waals surface area contributed by atoms with Crippen molar-refractivity contribution in [3.8, 4) is 0 Å². The maximum Gasteiger partial charge on any atom is 0 e. The average molecular weight is 350 g/mol. The van der Waals surface area contributed by atoms with Crippen LogP contribution < -0.4 is 0 Å². The average Bonchev–Trinajstić information content (AvgIpc) is 0. The van der Waals surface area contributed by atoms with Gasteiger partial charge in [-0.15, -0.1) is 0 Å². The zero-order valence-electron chi connectivity index (χ0n) is 1.99. The van der Waals surface area contributed by atoms with Crippen LogP contribution in [0.3, 0.4) is 0 Å². The quantitative estimate of drug-likeness (QED) is 0.389. The van der Waals surface area contributed by atoms with Gasteiger partial charge < -0.3 is 0 Å². The molecule has 0 amide bonds. The molecule has 27 valence electrons. The van der Waals surface area contributed by atoms with Crippen molar-refractivity contribution in [2.24, 2.45) is 0 Å². The molecule has 0 N–H and O–H groups in total. The van der Waals surface area contributed by atoms with E-state index in [1.807, 2.05) is 0 Å². The predicted octanol–water partition coefficient (Wildman–Crippen LogP) is -4.20. The summed E-state index contributed by atoms with van der Waals surface area (Å²) in [7, 11) is 0. The van der Waals surface area contributed by atoms with Gasteiger partial charge >= 0.3 is 26.2 Å². The van der Waals surface area contributed by atoms with Gasteiger partial charge in [0.1, 0.15) is 0 Å². The molecule has 0 unspecified atom stereocenters. The fourth-order valence-electron chi connectivity index (χ4n) is 0. The first-order valence-electron chi connectivity index (χ1n) is 0. The van der Waals surface area contributed by atoms with Crippen molar-refractivity contribution in [3.05, 3.63) is 0 Å². The van der Waals surface area contributed by atoms with Gasteiger partial charge in [0.05, 0.1) is 0 Å². The Balaban J connectivity index is 0. The van der Waals surface area contributed by atoms with Crippen molar-refractivity contribution in [1.29, 1.82) is 0 Å². The molecular weight excluding hydrogens is 340 g/mol. The molecule has 0 aliphatic rings. The molecule has 0 bridgehead atoms. The van der Waals surface area contributed by atoms with Crippen LogP contribution in [0.1, 0.15) is 0 Å². The SMILES string of the molecule is [AlH3].[B].[BiH3].[SiH4].[Zn]. The number of hydrogen-bond donors (Lipinski definition) is 0. The molecule has 0 heterocycles. The third-order valence-electron chi connectivity index (χ3n) is 0. The van der Waals surface area contributed by atoms with Gasteiger partial charge in [-0.05, 0) is 11.0 Å². The molecule has 0 spiro atoms. The molecule has 0 rings (SSSR count). The summed E-state index contributed by atoms with van der Waals surface area (Å²) in [4.78, 5) is 0.